The molecule has 9 nitrogen and oxygen atoms in total. The Morgan fingerprint density at radius 1 is 1.16 bits per heavy atom. The second-order valence-electron chi connectivity index (χ2n) is 7.39. The first-order chi connectivity index (χ1) is 15.2. The fourth-order valence-corrected chi connectivity index (χ4v) is 4.61. The summed E-state index contributed by atoms with van der Waals surface area (Å²) in [5.41, 5.74) is 1.93. The third-order valence-electron chi connectivity index (χ3n) is 5.25. The summed E-state index contributed by atoms with van der Waals surface area (Å²) in [6, 6.07) is 12.0. The molecule has 0 aliphatic heterocycles. The number of hydrogen-bond donors (Lipinski definition) is 1. The number of imidazole rings is 1. The van der Waals surface area contributed by atoms with E-state index in [1.165, 1.54) is 27.3 Å². The lowest BCUT2D eigenvalue weighted by Gasteiger charge is -2.16. The highest BCUT2D eigenvalue weighted by Gasteiger charge is 2.30. The van der Waals surface area contributed by atoms with E-state index in [1.807, 2.05) is 19.1 Å². The zero-order valence-electron chi connectivity index (χ0n) is 18.0. The lowest BCUT2D eigenvalue weighted by Crippen LogP contribution is -2.29. The van der Waals surface area contributed by atoms with Crippen LogP contribution in [-0.4, -0.2) is 58.9 Å². The van der Waals surface area contributed by atoms with Gasteiger partial charge in [0.15, 0.2) is 5.82 Å². The van der Waals surface area contributed by atoms with Crippen LogP contribution in [0.25, 0.3) is 33.5 Å². The minimum atomic E-state index is -4.07. The number of rotatable bonds is 6. The molecular formula is C22H22N4O5S. The molecule has 2 aromatic carbocycles. The number of carbonyl (C=O) groups is 1. The van der Waals surface area contributed by atoms with Gasteiger partial charge in [-0.1, -0.05) is 19.1 Å². The first kappa shape index (κ1) is 21.7. The molecule has 0 saturated heterocycles. The van der Waals surface area contributed by atoms with Crippen LogP contribution in [0.1, 0.15) is 22.8 Å². The van der Waals surface area contributed by atoms with Crippen molar-refractivity contribution in [3.63, 3.8) is 0 Å². The van der Waals surface area contributed by atoms with Crippen LogP contribution in [0.4, 0.5) is 0 Å². The minimum absolute atomic E-state index is 0.0436. The van der Waals surface area contributed by atoms with Gasteiger partial charge in [0.1, 0.15) is 17.0 Å². The van der Waals surface area contributed by atoms with Crippen molar-refractivity contribution >= 4 is 38.1 Å². The van der Waals surface area contributed by atoms with Crippen LogP contribution in [0.2, 0.25) is 0 Å². The monoisotopic (exact) mass is 454 g/mol. The fourth-order valence-electron chi connectivity index (χ4n) is 3.54. The highest BCUT2D eigenvalue weighted by atomic mass is 32.2. The number of carboxylic acids is 1. The molecule has 0 aliphatic rings. The Balaban J connectivity index is 2.15. The van der Waals surface area contributed by atoms with E-state index >= 15 is 0 Å². The normalized spacial score (nSPS) is 12.0. The highest BCUT2D eigenvalue weighted by molar-refractivity contribution is 7.87. The standard InChI is InChI=1S/C22H22N4O5S/c1-5-13-9-10-16-14(11-13)12-15(22(27)28)19(23-16)21-24-20-17(7-6-8-18(20)31-4)26(21)32(29,30)25(2)3/h6-12H,5H2,1-4H3,(H,27,28). The Morgan fingerprint density at radius 3 is 2.53 bits per heavy atom. The van der Waals surface area contributed by atoms with Crippen molar-refractivity contribution in [2.75, 3.05) is 21.2 Å². The van der Waals surface area contributed by atoms with E-state index in [2.05, 4.69) is 9.97 Å². The van der Waals surface area contributed by atoms with E-state index in [9.17, 15) is 18.3 Å². The summed E-state index contributed by atoms with van der Waals surface area (Å²) in [6.45, 7) is 2.00. The van der Waals surface area contributed by atoms with E-state index in [1.54, 1.807) is 24.3 Å². The van der Waals surface area contributed by atoms with Crippen molar-refractivity contribution in [2.45, 2.75) is 13.3 Å². The molecule has 4 aromatic rings. The number of pyridine rings is 1. The minimum Gasteiger partial charge on any atom is -0.494 e. The van der Waals surface area contributed by atoms with Gasteiger partial charge in [0.05, 0.1) is 23.7 Å². The van der Waals surface area contributed by atoms with Gasteiger partial charge < -0.3 is 9.84 Å². The predicted molar refractivity (Wildman–Crippen MR) is 121 cm³/mol. The van der Waals surface area contributed by atoms with Gasteiger partial charge in [-0.15, -0.1) is 0 Å². The zero-order chi connectivity index (χ0) is 23.2. The molecule has 166 valence electrons. The molecule has 32 heavy (non-hydrogen) atoms. The molecule has 0 aliphatic carbocycles. The number of fused-ring (bicyclic) bond motifs is 2. The number of para-hydroxylation sites is 1. The summed E-state index contributed by atoms with van der Waals surface area (Å²) in [5, 5.41) is 10.6. The maximum atomic E-state index is 13.3. The molecule has 1 N–H and O–H groups in total. The van der Waals surface area contributed by atoms with E-state index in [-0.39, 0.29) is 28.1 Å². The van der Waals surface area contributed by atoms with Gasteiger partial charge in [-0.3, -0.25) is 0 Å². The molecule has 0 radical (unpaired) electrons. The maximum absolute atomic E-state index is 13.3. The third-order valence-corrected chi connectivity index (χ3v) is 7.00. The number of carboxylic acid groups (broad SMARTS) is 1. The van der Waals surface area contributed by atoms with Gasteiger partial charge in [0.25, 0.3) is 0 Å². The van der Waals surface area contributed by atoms with Crippen molar-refractivity contribution in [3.05, 3.63) is 53.6 Å². The molecule has 0 saturated carbocycles. The van der Waals surface area contributed by atoms with Crippen molar-refractivity contribution in [1.82, 2.24) is 18.2 Å². The van der Waals surface area contributed by atoms with Gasteiger partial charge in [0, 0.05) is 19.5 Å². The first-order valence-corrected chi connectivity index (χ1v) is 11.2. The number of aromatic carboxylic acids is 1. The summed E-state index contributed by atoms with van der Waals surface area (Å²) in [4.78, 5) is 21.2. The van der Waals surface area contributed by atoms with Crippen LogP contribution in [0.15, 0.2) is 42.5 Å². The number of methoxy groups -OCH3 is 1. The Kier molecular flexibility index (Phi) is 5.35. The van der Waals surface area contributed by atoms with E-state index in [4.69, 9.17) is 4.74 Å². The SMILES string of the molecule is CCc1ccc2nc(-c3nc4c(OC)cccc4n3S(=O)(=O)N(C)C)c(C(=O)O)cc2c1. The van der Waals surface area contributed by atoms with Crippen molar-refractivity contribution in [3.8, 4) is 17.3 Å². The molecule has 2 aromatic heterocycles. The molecule has 0 spiro atoms. The zero-order valence-corrected chi connectivity index (χ0v) is 18.8. The van der Waals surface area contributed by atoms with Gasteiger partial charge in [-0.05, 0) is 42.3 Å². The average Bonchev–Trinajstić information content (AvgIpc) is 3.17. The van der Waals surface area contributed by atoms with Gasteiger partial charge in [0.2, 0.25) is 0 Å². The van der Waals surface area contributed by atoms with Crippen LogP contribution < -0.4 is 4.74 Å². The molecule has 2 heterocycles. The molecule has 0 atom stereocenters. The second-order valence-corrected chi connectivity index (χ2v) is 9.38. The largest absolute Gasteiger partial charge is 0.494 e. The quantitative estimate of drug-likeness (QED) is 0.476. The Bertz CT molecular complexity index is 1470. The lowest BCUT2D eigenvalue weighted by atomic mass is 10.1. The van der Waals surface area contributed by atoms with Crippen LogP contribution in [-0.2, 0) is 16.6 Å². The summed E-state index contributed by atoms with van der Waals surface area (Å²) >= 11 is 0. The van der Waals surface area contributed by atoms with Crippen molar-refractivity contribution in [1.29, 1.82) is 0 Å². The summed E-state index contributed by atoms with van der Waals surface area (Å²) in [5.74, 6) is -0.970. The highest BCUT2D eigenvalue weighted by Crippen LogP contribution is 2.34. The van der Waals surface area contributed by atoms with Crippen molar-refractivity contribution < 1.29 is 23.1 Å². The van der Waals surface area contributed by atoms with Gasteiger partial charge in [-0.2, -0.15) is 12.7 Å². The smallest absolute Gasteiger partial charge is 0.338 e. The summed E-state index contributed by atoms with van der Waals surface area (Å²) in [6.07, 6.45) is 0.788. The van der Waals surface area contributed by atoms with Crippen molar-refractivity contribution in [2.24, 2.45) is 0 Å². The van der Waals surface area contributed by atoms with Crippen LogP contribution in [0.5, 0.6) is 5.75 Å². The summed E-state index contributed by atoms with van der Waals surface area (Å²) in [7, 11) is 0.168. The van der Waals surface area contributed by atoms with Gasteiger partial charge in [-0.25, -0.2) is 18.7 Å². The molecule has 0 fully saturated rings. The Hall–Kier alpha value is -3.50. The number of ether oxygens (including phenoxy) is 1. The molecular weight excluding hydrogens is 432 g/mol. The van der Waals surface area contributed by atoms with Gasteiger partial charge >= 0.3 is 16.2 Å². The molecule has 10 heteroatoms. The second kappa shape index (κ2) is 7.88. The molecule has 0 bridgehead atoms. The van der Waals surface area contributed by atoms with E-state index in [0.717, 1.165) is 20.3 Å². The Labute approximate surface area is 185 Å². The summed E-state index contributed by atoms with van der Waals surface area (Å²) < 4.78 is 33.9. The molecule has 0 amide bonds. The fraction of sp³-hybridized carbons (Fsp3) is 0.227. The number of aryl methyl sites for hydroxylation is 1. The molecule has 0 unspecified atom stereocenters. The van der Waals surface area contributed by atoms with E-state index < -0.39 is 16.2 Å². The first-order valence-electron chi connectivity index (χ1n) is 9.84. The number of nitrogens with zero attached hydrogens (tertiary/aromatic N) is 4. The number of benzene rings is 2. The maximum Gasteiger partial charge on any atom is 0.338 e. The lowest BCUT2D eigenvalue weighted by molar-refractivity contribution is 0.0697. The molecule has 4 rings (SSSR count). The van der Waals surface area contributed by atoms with Crippen LogP contribution in [0.3, 0.4) is 0 Å². The number of aromatic nitrogens is 3. The van der Waals surface area contributed by atoms with E-state index in [0.29, 0.717) is 16.7 Å². The average molecular weight is 455 g/mol. The topological polar surface area (TPSA) is 115 Å². The van der Waals surface area contributed by atoms with Crippen LogP contribution in [0, 0.1) is 0 Å². The Morgan fingerprint density at radius 2 is 1.91 bits per heavy atom. The van der Waals surface area contributed by atoms with Crippen LogP contribution >= 0.6 is 0 Å². The predicted octanol–water partition coefficient (Wildman–Crippen LogP) is 3.18. The third kappa shape index (κ3) is 3.37. The number of hydrogen-bond acceptors (Lipinski definition) is 6.